The van der Waals surface area contributed by atoms with Crippen molar-refractivity contribution in [2.45, 2.75) is 0 Å². The highest BCUT2D eigenvalue weighted by molar-refractivity contribution is 6.27. The molecule has 0 N–H and O–H groups in total. The molecule has 0 spiro atoms. The van der Waals surface area contributed by atoms with E-state index >= 15 is 0 Å². The predicted molar refractivity (Wildman–Crippen MR) is 23.8 cm³/mol. The Balaban J connectivity index is 2.99. The van der Waals surface area contributed by atoms with Gasteiger partial charge in [0.25, 0.3) is 5.91 Å². The van der Waals surface area contributed by atoms with Crippen LogP contribution in [-0.2, 0) is 4.79 Å². The summed E-state index contributed by atoms with van der Waals surface area (Å²) in [6, 6.07) is 0. The average Bonchev–Trinajstić information content (AvgIpc) is 1.65. The van der Waals surface area contributed by atoms with Gasteiger partial charge in [-0.1, -0.05) is 0 Å². The van der Waals surface area contributed by atoms with Crippen molar-refractivity contribution in [1.82, 2.24) is 5.32 Å². The maximum atomic E-state index is 9.88. The molecular formula is C3H5ClNO. The second kappa shape index (κ2) is 2.97. The van der Waals surface area contributed by atoms with Crippen molar-refractivity contribution in [2.24, 2.45) is 0 Å². The molecule has 1 radical (unpaired) electrons. The van der Waals surface area contributed by atoms with E-state index in [4.69, 9.17) is 11.6 Å². The maximum Gasteiger partial charge on any atom is 0.255 e. The minimum atomic E-state index is -0.267. The van der Waals surface area contributed by atoms with Gasteiger partial charge in [0.05, 0.1) is 0 Å². The van der Waals surface area contributed by atoms with E-state index in [1.54, 1.807) is 0 Å². The first-order chi connectivity index (χ1) is 2.81. The summed E-state index contributed by atoms with van der Waals surface area (Å²) in [7, 11) is 1.42. The second-order valence-corrected chi connectivity index (χ2v) is 1.02. The van der Waals surface area contributed by atoms with Crippen LogP contribution in [0.2, 0.25) is 0 Å². The fourth-order valence-electron chi connectivity index (χ4n) is 0.0598. The zero-order valence-electron chi connectivity index (χ0n) is 3.44. The molecule has 0 bridgehead atoms. The van der Waals surface area contributed by atoms with Gasteiger partial charge in [-0.05, 0) is 0 Å². The lowest BCUT2D eigenvalue weighted by atomic mass is 10.7. The fraction of sp³-hybridized carbons (Fsp3) is 0.667. The third-order valence-electron chi connectivity index (χ3n) is 0.364. The van der Waals surface area contributed by atoms with Crippen molar-refractivity contribution in [2.75, 3.05) is 12.9 Å². The SMILES string of the molecule is C[N]C(=O)CCl. The van der Waals surface area contributed by atoms with Gasteiger partial charge in [0, 0.05) is 7.05 Å². The number of amides is 1. The molecule has 0 aromatic rings. The molecule has 0 rings (SSSR count). The first-order valence-electron chi connectivity index (χ1n) is 1.50. The Morgan fingerprint density at radius 2 is 2.50 bits per heavy atom. The van der Waals surface area contributed by atoms with Gasteiger partial charge >= 0.3 is 0 Å². The van der Waals surface area contributed by atoms with Crippen molar-refractivity contribution >= 4 is 17.5 Å². The van der Waals surface area contributed by atoms with Gasteiger partial charge < -0.3 is 0 Å². The molecule has 0 fully saturated rings. The summed E-state index contributed by atoms with van der Waals surface area (Å²) in [6.07, 6.45) is 0. The molecule has 1 amide bonds. The quantitative estimate of drug-likeness (QED) is 0.433. The van der Waals surface area contributed by atoms with Crippen LogP contribution in [0.4, 0.5) is 0 Å². The molecule has 35 valence electrons. The van der Waals surface area contributed by atoms with E-state index in [1.807, 2.05) is 0 Å². The van der Waals surface area contributed by atoms with Gasteiger partial charge in [0.2, 0.25) is 0 Å². The highest BCUT2D eigenvalue weighted by Crippen LogP contribution is 1.70. The van der Waals surface area contributed by atoms with E-state index in [1.165, 1.54) is 7.05 Å². The number of halogens is 1. The minimum Gasteiger partial charge on any atom is -0.272 e. The average molecular weight is 107 g/mol. The summed E-state index contributed by atoms with van der Waals surface area (Å²) in [5, 5.41) is 3.24. The first-order valence-corrected chi connectivity index (χ1v) is 2.03. The number of hydrogen-bond donors (Lipinski definition) is 0. The molecule has 0 saturated heterocycles. The molecular weight excluding hydrogens is 101 g/mol. The van der Waals surface area contributed by atoms with Crippen LogP contribution >= 0.6 is 11.6 Å². The summed E-state index contributed by atoms with van der Waals surface area (Å²) in [5.41, 5.74) is 0. The van der Waals surface area contributed by atoms with Crippen molar-refractivity contribution in [3.63, 3.8) is 0 Å². The Kier molecular flexibility index (Phi) is 2.85. The molecule has 0 aromatic carbocycles. The van der Waals surface area contributed by atoms with Crippen LogP contribution < -0.4 is 5.32 Å². The molecule has 0 aliphatic rings. The number of carbonyl (C=O) groups excluding carboxylic acids is 1. The molecule has 0 heterocycles. The van der Waals surface area contributed by atoms with E-state index in [9.17, 15) is 4.79 Å². The monoisotopic (exact) mass is 106 g/mol. The first kappa shape index (κ1) is 5.76. The zero-order chi connectivity index (χ0) is 4.99. The van der Waals surface area contributed by atoms with E-state index in [2.05, 4.69) is 5.32 Å². The normalized spacial score (nSPS) is 7.67. The number of rotatable bonds is 1. The van der Waals surface area contributed by atoms with Crippen molar-refractivity contribution in [3.8, 4) is 0 Å². The number of alkyl halides is 1. The summed E-state index contributed by atoms with van der Waals surface area (Å²) in [6.45, 7) is 0. The zero-order valence-corrected chi connectivity index (χ0v) is 4.20. The van der Waals surface area contributed by atoms with Crippen LogP contribution in [0.25, 0.3) is 0 Å². The Morgan fingerprint density at radius 3 is 2.50 bits per heavy atom. The van der Waals surface area contributed by atoms with Gasteiger partial charge in [0.15, 0.2) is 0 Å². The van der Waals surface area contributed by atoms with E-state index < -0.39 is 0 Å². The highest BCUT2D eigenvalue weighted by Gasteiger charge is 1.89. The third kappa shape index (κ3) is 2.03. The summed E-state index contributed by atoms with van der Waals surface area (Å²) >= 11 is 5.01. The van der Waals surface area contributed by atoms with Crippen molar-refractivity contribution in [1.29, 1.82) is 0 Å². The molecule has 6 heavy (non-hydrogen) atoms. The molecule has 0 atom stereocenters. The molecule has 0 aliphatic heterocycles. The van der Waals surface area contributed by atoms with Gasteiger partial charge in [-0.2, -0.15) is 0 Å². The molecule has 0 unspecified atom stereocenters. The lowest BCUT2D eigenvalue weighted by Crippen LogP contribution is -2.10. The Hall–Kier alpha value is -0.240. The summed E-state index contributed by atoms with van der Waals surface area (Å²) < 4.78 is 0. The van der Waals surface area contributed by atoms with Crippen molar-refractivity contribution in [3.05, 3.63) is 0 Å². The van der Waals surface area contributed by atoms with E-state index in [-0.39, 0.29) is 11.8 Å². The lowest BCUT2D eigenvalue weighted by molar-refractivity contribution is -0.118. The largest absolute Gasteiger partial charge is 0.272 e. The van der Waals surface area contributed by atoms with Crippen LogP contribution in [0, 0.1) is 0 Å². The predicted octanol–water partition coefficient (Wildman–Crippen LogP) is -0.0140. The standard InChI is InChI=1S/C3H5ClNO/c1-5-3(6)2-4/h2H2,1H3. The van der Waals surface area contributed by atoms with E-state index in [0.29, 0.717) is 0 Å². The van der Waals surface area contributed by atoms with Crippen LogP contribution in [0.15, 0.2) is 0 Å². The summed E-state index contributed by atoms with van der Waals surface area (Å²) in [5.74, 6) is -0.270. The summed E-state index contributed by atoms with van der Waals surface area (Å²) in [4.78, 5) is 9.88. The number of nitrogens with zero attached hydrogens (tertiary/aromatic N) is 1. The second-order valence-electron chi connectivity index (χ2n) is 0.751. The van der Waals surface area contributed by atoms with Crippen LogP contribution in [0.1, 0.15) is 0 Å². The lowest BCUT2D eigenvalue weighted by Gasteiger charge is -1.81. The fourth-order valence-corrected chi connectivity index (χ4v) is 0.179. The molecule has 2 nitrogen and oxygen atoms in total. The highest BCUT2D eigenvalue weighted by atomic mass is 35.5. The topological polar surface area (TPSA) is 31.2 Å². The number of hydrogen-bond acceptors (Lipinski definition) is 1. The minimum absolute atomic E-state index is 0.00347. The van der Waals surface area contributed by atoms with Crippen LogP contribution in [0.5, 0.6) is 0 Å². The molecule has 3 heteroatoms. The molecule has 0 saturated carbocycles. The third-order valence-corrected chi connectivity index (χ3v) is 0.592. The van der Waals surface area contributed by atoms with Crippen LogP contribution in [-0.4, -0.2) is 18.8 Å². The van der Waals surface area contributed by atoms with Gasteiger partial charge in [-0.3, -0.25) is 10.1 Å². The van der Waals surface area contributed by atoms with Gasteiger partial charge in [-0.25, -0.2) is 0 Å². The van der Waals surface area contributed by atoms with Crippen molar-refractivity contribution < 1.29 is 4.79 Å². The Morgan fingerprint density at radius 1 is 2.00 bits per heavy atom. The molecule has 0 aromatic heterocycles. The van der Waals surface area contributed by atoms with Gasteiger partial charge in [-0.15, -0.1) is 11.6 Å². The number of carbonyl (C=O) groups is 1. The Labute approximate surface area is 41.5 Å². The maximum absolute atomic E-state index is 9.88. The van der Waals surface area contributed by atoms with Gasteiger partial charge in [0.1, 0.15) is 5.88 Å². The smallest absolute Gasteiger partial charge is 0.255 e. The molecule has 0 aliphatic carbocycles. The Bertz CT molecular complexity index is 48.8. The van der Waals surface area contributed by atoms with Crippen LogP contribution in [0.3, 0.4) is 0 Å². The van der Waals surface area contributed by atoms with E-state index in [0.717, 1.165) is 0 Å².